The Balaban J connectivity index is 1.43. The highest BCUT2D eigenvalue weighted by molar-refractivity contribution is 8.00. The van der Waals surface area contributed by atoms with Crippen LogP contribution in [0.25, 0.3) is 0 Å². The van der Waals surface area contributed by atoms with E-state index in [1.54, 1.807) is 12.1 Å². The van der Waals surface area contributed by atoms with E-state index >= 15 is 0 Å². The van der Waals surface area contributed by atoms with Gasteiger partial charge in [-0.2, -0.15) is 9.36 Å². The quantitative estimate of drug-likeness (QED) is 0.410. The fraction of sp³-hybridized carbons (Fsp3) is 0.200. The molecule has 0 saturated carbocycles. The molecule has 3 aromatic rings. The lowest BCUT2D eigenvalue weighted by molar-refractivity contribution is -0.115. The Morgan fingerprint density at radius 2 is 1.73 bits per heavy atom. The maximum atomic E-state index is 12.2. The van der Waals surface area contributed by atoms with E-state index in [-0.39, 0.29) is 24.0 Å². The van der Waals surface area contributed by atoms with Gasteiger partial charge in [-0.25, -0.2) is 0 Å². The van der Waals surface area contributed by atoms with Crippen LogP contribution in [0, 0.1) is 0 Å². The third-order valence-corrected chi connectivity index (χ3v) is 6.45. The van der Waals surface area contributed by atoms with Crippen LogP contribution in [0.1, 0.15) is 12.5 Å². The molecule has 2 amide bonds. The molecule has 30 heavy (non-hydrogen) atoms. The van der Waals surface area contributed by atoms with Crippen molar-refractivity contribution in [1.29, 1.82) is 0 Å². The van der Waals surface area contributed by atoms with Crippen LogP contribution in [0.5, 0.6) is 0 Å². The average Bonchev–Trinajstić information content (AvgIpc) is 3.16. The van der Waals surface area contributed by atoms with Crippen LogP contribution < -0.4 is 10.6 Å². The number of amides is 2. The number of nitrogens with one attached hydrogen (secondary N) is 2. The maximum Gasteiger partial charge on any atom is 0.236 e. The number of carbonyl (C=O) groups excluding carboxylic acids is 2. The van der Waals surface area contributed by atoms with Gasteiger partial charge in [-0.3, -0.25) is 14.9 Å². The van der Waals surface area contributed by atoms with Gasteiger partial charge >= 0.3 is 0 Å². The number of anilines is 2. The third kappa shape index (κ3) is 7.32. The Kier molecular flexibility index (Phi) is 8.56. The van der Waals surface area contributed by atoms with Gasteiger partial charge < -0.3 is 5.32 Å². The molecule has 0 radical (unpaired) electrons. The number of rotatable bonds is 9. The van der Waals surface area contributed by atoms with Crippen molar-refractivity contribution in [3.05, 3.63) is 59.1 Å². The van der Waals surface area contributed by atoms with Crippen LogP contribution >= 0.6 is 46.7 Å². The van der Waals surface area contributed by atoms with Crippen molar-refractivity contribution in [1.82, 2.24) is 9.36 Å². The highest BCUT2D eigenvalue weighted by atomic mass is 35.5. The van der Waals surface area contributed by atoms with Crippen LogP contribution in [0.3, 0.4) is 0 Å². The van der Waals surface area contributed by atoms with Crippen LogP contribution in [0.4, 0.5) is 10.8 Å². The van der Waals surface area contributed by atoms with Gasteiger partial charge in [0, 0.05) is 27.1 Å². The fourth-order valence-corrected chi connectivity index (χ4v) is 4.49. The highest BCUT2D eigenvalue weighted by Gasteiger charge is 2.09. The van der Waals surface area contributed by atoms with Crippen molar-refractivity contribution in [3.63, 3.8) is 0 Å². The molecule has 0 saturated heterocycles. The Morgan fingerprint density at radius 1 is 1.00 bits per heavy atom. The average molecular weight is 479 g/mol. The molecule has 0 bridgehead atoms. The number of aromatic nitrogens is 2. The molecule has 0 aliphatic heterocycles. The summed E-state index contributed by atoms with van der Waals surface area (Å²) in [6.07, 6.45) is 0.276. The summed E-state index contributed by atoms with van der Waals surface area (Å²) < 4.78 is 4.17. The minimum atomic E-state index is -0.135. The molecule has 2 N–H and O–H groups in total. The van der Waals surface area contributed by atoms with Gasteiger partial charge in [0.15, 0.2) is 0 Å². The minimum absolute atomic E-state index is 0.102. The number of hydrogen-bond donors (Lipinski definition) is 2. The summed E-state index contributed by atoms with van der Waals surface area (Å²) in [5.41, 5.74) is 1.60. The first kappa shape index (κ1) is 22.6. The molecule has 0 unspecified atom stereocenters. The number of carbonyl (C=O) groups is 2. The van der Waals surface area contributed by atoms with Crippen LogP contribution in [-0.2, 0) is 16.0 Å². The van der Waals surface area contributed by atoms with Gasteiger partial charge in [-0.05, 0) is 47.7 Å². The summed E-state index contributed by atoms with van der Waals surface area (Å²) in [5.74, 6) is 0.912. The number of benzene rings is 2. The third-order valence-electron chi connectivity index (χ3n) is 3.71. The predicted molar refractivity (Wildman–Crippen MR) is 126 cm³/mol. The first-order valence-electron chi connectivity index (χ1n) is 9.05. The Labute approximate surface area is 192 Å². The number of hydrogen-bond acceptors (Lipinski definition) is 7. The van der Waals surface area contributed by atoms with E-state index < -0.39 is 0 Å². The summed E-state index contributed by atoms with van der Waals surface area (Å²) in [5, 5.41) is 7.46. The number of halogens is 1. The van der Waals surface area contributed by atoms with Crippen molar-refractivity contribution in [3.8, 4) is 0 Å². The SMILES string of the molecule is CCSc1nsc(NC(=O)CSc2ccc(NC(=O)Cc3ccc(Cl)cc3)cc2)n1. The zero-order valence-electron chi connectivity index (χ0n) is 16.1. The van der Waals surface area contributed by atoms with Crippen molar-refractivity contribution < 1.29 is 9.59 Å². The minimum Gasteiger partial charge on any atom is -0.326 e. The summed E-state index contributed by atoms with van der Waals surface area (Å²) in [6, 6.07) is 14.6. The molecule has 6 nitrogen and oxygen atoms in total. The molecule has 0 atom stereocenters. The zero-order chi connectivity index (χ0) is 21.3. The van der Waals surface area contributed by atoms with E-state index in [0.29, 0.717) is 21.0 Å². The van der Waals surface area contributed by atoms with Gasteiger partial charge in [-0.15, -0.1) is 11.8 Å². The molecule has 10 heteroatoms. The molecule has 1 aromatic heterocycles. The van der Waals surface area contributed by atoms with E-state index in [0.717, 1.165) is 16.2 Å². The molecular formula is C20H19ClN4O2S3. The van der Waals surface area contributed by atoms with E-state index in [4.69, 9.17) is 11.6 Å². The Bertz CT molecular complexity index is 994. The van der Waals surface area contributed by atoms with Gasteiger partial charge in [0.05, 0.1) is 12.2 Å². The molecule has 0 aliphatic rings. The first-order valence-corrected chi connectivity index (χ1v) is 12.2. The molecule has 2 aromatic carbocycles. The second-order valence-electron chi connectivity index (χ2n) is 6.03. The summed E-state index contributed by atoms with van der Waals surface area (Å²) >= 11 is 9.98. The van der Waals surface area contributed by atoms with Gasteiger partial charge in [0.2, 0.25) is 22.1 Å². The normalized spacial score (nSPS) is 10.6. The predicted octanol–water partition coefficient (Wildman–Crippen LogP) is 5.22. The van der Waals surface area contributed by atoms with Crippen molar-refractivity contribution in [2.75, 3.05) is 22.1 Å². The van der Waals surface area contributed by atoms with Crippen LogP contribution in [0.15, 0.2) is 58.6 Å². The lowest BCUT2D eigenvalue weighted by Gasteiger charge is -2.07. The van der Waals surface area contributed by atoms with Crippen molar-refractivity contribution in [2.45, 2.75) is 23.4 Å². The lowest BCUT2D eigenvalue weighted by atomic mass is 10.1. The fourth-order valence-electron chi connectivity index (χ4n) is 2.38. The summed E-state index contributed by atoms with van der Waals surface area (Å²) in [4.78, 5) is 29.4. The molecule has 156 valence electrons. The highest BCUT2D eigenvalue weighted by Crippen LogP contribution is 2.22. The van der Waals surface area contributed by atoms with Crippen molar-refractivity contribution >= 4 is 69.3 Å². The zero-order valence-corrected chi connectivity index (χ0v) is 19.3. The summed E-state index contributed by atoms with van der Waals surface area (Å²) in [6.45, 7) is 2.02. The van der Waals surface area contributed by atoms with Gasteiger partial charge in [0.1, 0.15) is 0 Å². The van der Waals surface area contributed by atoms with Gasteiger partial charge in [-0.1, -0.05) is 42.4 Å². The molecule has 1 heterocycles. The molecule has 0 aliphatic carbocycles. The van der Waals surface area contributed by atoms with E-state index in [2.05, 4.69) is 20.0 Å². The first-order chi connectivity index (χ1) is 14.5. The van der Waals surface area contributed by atoms with Gasteiger partial charge in [0.25, 0.3) is 0 Å². The molecule has 0 spiro atoms. The van der Waals surface area contributed by atoms with Crippen LogP contribution in [0.2, 0.25) is 5.02 Å². The second-order valence-corrected chi connectivity index (χ2v) is 9.50. The molecule has 0 fully saturated rings. The number of nitrogens with zero attached hydrogens (tertiary/aromatic N) is 2. The van der Waals surface area contributed by atoms with E-state index in [1.807, 2.05) is 43.3 Å². The monoisotopic (exact) mass is 478 g/mol. The lowest BCUT2D eigenvalue weighted by Crippen LogP contribution is -2.14. The van der Waals surface area contributed by atoms with E-state index in [9.17, 15) is 9.59 Å². The molecular weight excluding hydrogens is 460 g/mol. The Morgan fingerprint density at radius 3 is 2.43 bits per heavy atom. The molecule has 3 rings (SSSR count). The van der Waals surface area contributed by atoms with Crippen molar-refractivity contribution in [2.24, 2.45) is 0 Å². The topological polar surface area (TPSA) is 84.0 Å². The standard InChI is InChI=1S/C20H19ClN4O2S3/c1-2-28-20-24-19(30-25-20)23-18(27)12-29-16-9-7-15(8-10-16)22-17(26)11-13-3-5-14(21)6-4-13/h3-10H,2,11-12H2,1H3,(H,22,26)(H,23,24,25,27). The summed E-state index contributed by atoms with van der Waals surface area (Å²) in [7, 11) is 0. The number of thioether (sulfide) groups is 2. The van der Waals surface area contributed by atoms with E-state index in [1.165, 1.54) is 35.1 Å². The smallest absolute Gasteiger partial charge is 0.236 e. The van der Waals surface area contributed by atoms with Crippen LogP contribution in [-0.4, -0.2) is 32.7 Å². The maximum absolute atomic E-state index is 12.2. The second kappa shape index (κ2) is 11.4. The Hall–Kier alpha value is -2.07. The largest absolute Gasteiger partial charge is 0.326 e.